The van der Waals surface area contributed by atoms with Crippen LogP contribution < -0.4 is 41.8 Å². The summed E-state index contributed by atoms with van der Waals surface area (Å²) in [5, 5.41) is 31.5. The number of hydrogen-bond acceptors (Lipinski definition) is 5. The van der Waals surface area contributed by atoms with Crippen molar-refractivity contribution in [3.05, 3.63) is 396 Å². The monoisotopic (exact) mass is 1830 g/mol. The Morgan fingerprint density at radius 1 is 0.235 bits per heavy atom. The van der Waals surface area contributed by atoms with Gasteiger partial charge in [0.1, 0.15) is 36.3 Å². The fourth-order valence-electron chi connectivity index (χ4n) is 26.3. The lowest BCUT2D eigenvalue weighted by molar-refractivity contribution is 0.686. The Balaban J connectivity index is 0.0000000918. The SMILES string of the molecule is Cc1ccc2c3c1c1ccccc1c1ncc(n13)C(C)(C)[Si]2(C)C.Cc1ccc2c3c1c1ccccc1c1ncc(n13)C(C)(C)[Si]2(c1ccccc1)c1ccccc1.Cc1ccc2c3c1c1ccccc1c1ncc(n13)CC2.Cc1ccc2c3c1c1ccccc1c1ncc(n13)[Si](C)(C)C2(C)C.Cc1ccc2c3c1c1ccccc1c1ncc(n13)[Si](c1ccccc1)(c1ccccc1)C2(C)C. The molecule has 5 aliphatic heterocycles. The minimum absolute atomic E-state index is 0.0902. The van der Waals surface area contributed by atoms with E-state index in [0.29, 0.717) is 0 Å². The van der Waals surface area contributed by atoms with Crippen molar-refractivity contribution in [3.8, 4) is 0 Å². The van der Waals surface area contributed by atoms with Crippen LogP contribution in [0, 0.1) is 34.6 Å². The topological polar surface area (TPSA) is 86.5 Å². The van der Waals surface area contributed by atoms with Crippen LogP contribution >= 0.6 is 0 Å². The molecule has 0 atom stereocenters. The smallest absolute Gasteiger partial charge is 0.181 e. The molecule has 15 heterocycles. The molecular weight excluding hydrogens is 1720 g/mol. The zero-order valence-corrected chi connectivity index (χ0v) is 84.6. The van der Waals surface area contributed by atoms with Gasteiger partial charge >= 0.3 is 0 Å². The van der Waals surface area contributed by atoms with E-state index in [9.17, 15) is 0 Å². The van der Waals surface area contributed by atoms with Gasteiger partial charge < -0.3 is 4.40 Å². The quantitative estimate of drug-likeness (QED) is 0.129. The predicted molar refractivity (Wildman–Crippen MR) is 584 cm³/mol. The summed E-state index contributed by atoms with van der Waals surface area (Å²) in [6.45, 7) is 40.7. The zero-order valence-electron chi connectivity index (χ0n) is 80.6. The van der Waals surface area contributed by atoms with E-state index in [-0.39, 0.29) is 20.2 Å². The normalized spacial score (nSPS) is 16.4. The van der Waals surface area contributed by atoms with Gasteiger partial charge in [0.15, 0.2) is 16.1 Å². The number of imidazole rings is 5. The highest BCUT2D eigenvalue weighted by Crippen LogP contribution is 2.51. The third kappa shape index (κ3) is 10.8. The van der Waals surface area contributed by atoms with Crippen molar-refractivity contribution >= 4 is 211 Å². The zero-order chi connectivity index (χ0) is 93.1. The summed E-state index contributed by atoms with van der Waals surface area (Å²) in [6, 6.07) is 112. The molecule has 0 spiro atoms. The van der Waals surface area contributed by atoms with Crippen molar-refractivity contribution in [3.63, 3.8) is 0 Å². The van der Waals surface area contributed by atoms with Crippen LogP contribution in [-0.2, 0) is 33.0 Å². The second-order valence-corrected chi connectivity index (χ2v) is 61.4. The largest absolute Gasteiger partial charge is 0.300 e. The molecule has 0 bridgehead atoms. The van der Waals surface area contributed by atoms with E-state index in [1.165, 1.54) is 207 Å². The Bertz CT molecular complexity index is 8980. The summed E-state index contributed by atoms with van der Waals surface area (Å²) in [7, 11) is -8.44. The fraction of sp³-hybridized carbons (Fsp3) is 0.189. The number of nitrogens with zero attached hydrogens (tertiary/aromatic N) is 10. The van der Waals surface area contributed by atoms with Crippen LogP contribution in [0.3, 0.4) is 0 Å². The Labute approximate surface area is 796 Å². The second kappa shape index (κ2) is 29.5. The molecule has 5 aliphatic rings. The summed E-state index contributed by atoms with van der Waals surface area (Å²) in [5.41, 5.74) is 27.4. The van der Waals surface area contributed by atoms with E-state index in [1.807, 2.05) is 6.20 Å². The van der Waals surface area contributed by atoms with Crippen LogP contribution in [0.2, 0.25) is 26.2 Å². The predicted octanol–water partition coefficient (Wildman–Crippen LogP) is 23.9. The van der Waals surface area contributed by atoms with Gasteiger partial charge in [-0.25, -0.2) is 24.9 Å². The summed E-state index contributed by atoms with van der Waals surface area (Å²) in [5.74, 6) is 0. The highest BCUT2D eigenvalue weighted by Gasteiger charge is 2.60. The van der Waals surface area contributed by atoms with Crippen LogP contribution in [0.4, 0.5) is 0 Å². The molecule has 14 heteroatoms. The van der Waals surface area contributed by atoms with Gasteiger partial charge in [-0.1, -0.05) is 385 Å². The summed E-state index contributed by atoms with van der Waals surface area (Å²) < 4.78 is 12.3. The van der Waals surface area contributed by atoms with Gasteiger partial charge in [0.05, 0.1) is 35.7 Å². The van der Waals surface area contributed by atoms with E-state index in [1.54, 1.807) is 5.19 Å². The number of fused-ring (bicyclic) bond motifs is 15. The molecular formula is C122H110N10Si4. The Morgan fingerprint density at radius 2 is 0.544 bits per heavy atom. The number of aryl methyl sites for hydroxylation is 7. The maximum atomic E-state index is 5.14. The maximum absolute atomic E-state index is 5.14. The summed E-state index contributed by atoms with van der Waals surface area (Å²) in [6.07, 6.45) is 12.9. The molecule has 10 nitrogen and oxygen atoms in total. The van der Waals surface area contributed by atoms with Crippen LogP contribution in [-0.4, -0.2) is 79.2 Å². The molecule has 0 aliphatic carbocycles. The first-order valence-electron chi connectivity index (χ1n) is 48.5. The van der Waals surface area contributed by atoms with Crippen molar-refractivity contribution < 1.29 is 0 Å². The van der Waals surface area contributed by atoms with Crippen molar-refractivity contribution in [2.45, 2.75) is 149 Å². The average Bonchev–Trinajstić information content (AvgIpc) is 1.56. The first-order valence-corrected chi connectivity index (χ1v) is 58.5. The molecule has 0 radical (unpaired) electrons. The molecule has 29 rings (SSSR count). The second-order valence-electron chi connectivity index (χ2n) is 42.4. The van der Waals surface area contributed by atoms with Crippen LogP contribution in [0.25, 0.3) is 137 Å². The van der Waals surface area contributed by atoms with Gasteiger partial charge in [-0.15, -0.1) is 0 Å². The van der Waals surface area contributed by atoms with E-state index >= 15 is 0 Å². The van der Waals surface area contributed by atoms with E-state index in [2.05, 4.69) is 466 Å². The fourth-order valence-corrected chi connectivity index (χ4v) is 43.6. The van der Waals surface area contributed by atoms with Gasteiger partial charge in [0.2, 0.25) is 0 Å². The maximum Gasteiger partial charge on any atom is 0.181 e. The molecule has 0 saturated heterocycles. The van der Waals surface area contributed by atoms with Crippen LogP contribution in [0.15, 0.2) is 334 Å². The number of pyridine rings is 5. The van der Waals surface area contributed by atoms with Crippen LogP contribution in [0.5, 0.6) is 0 Å². The van der Waals surface area contributed by atoms with Gasteiger partial charge in [-0.05, 0) is 155 Å². The molecule has 0 saturated carbocycles. The molecule has 136 heavy (non-hydrogen) atoms. The average molecular weight is 1830 g/mol. The van der Waals surface area contributed by atoms with E-state index in [4.69, 9.17) is 24.9 Å². The molecule has 0 amide bonds. The highest BCUT2D eigenvalue weighted by atomic mass is 28.3. The third-order valence-electron chi connectivity index (χ3n) is 34.4. The molecule has 0 unspecified atom stereocenters. The van der Waals surface area contributed by atoms with Crippen molar-refractivity contribution in [2.24, 2.45) is 0 Å². The number of aromatic nitrogens is 10. The van der Waals surface area contributed by atoms with Crippen molar-refractivity contribution in [2.75, 3.05) is 0 Å². The molecule has 664 valence electrons. The van der Waals surface area contributed by atoms with Crippen molar-refractivity contribution in [1.82, 2.24) is 46.9 Å². The molecule has 0 N–H and O–H groups in total. The summed E-state index contributed by atoms with van der Waals surface area (Å²) in [4.78, 5) is 24.7. The Kier molecular flexibility index (Phi) is 18.2. The van der Waals surface area contributed by atoms with Crippen LogP contribution in [0.1, 0.15) is 117 Å². The standard InChI is InChI=1S/2C31H26N2Si.2C21H22N2Si.C18H14N2/c1-21-18-19-26-29-28(21)24-16-10-11-17-25(24)30-32-20-27(33(29)30)31(2,3)34(26,22-12-6-4-7-13-22)23-14-8-5-9-15-23;1-21-18-19-26-29-28(21)24-16-10-11-17-25(24)30-32-20-27(33(29)30)34(31(26,2)3,22-12-6-4-7-13-22)23-14-8-5-9-15-23;1-13-10-11-16-19-18(13)14-8-6-7-9-15(14)20-22-12-17(23(19)20)21(2,3)24(16,4)5;1-13-10-11-16-19-18(13)14-8-6-7-9-15(14)20-22-12-17(23(19)20)24(4,5)21(16,2)3;1-11-6-7-12-8-9-13-10-19-18-15-5-3-2-4-14(15)16(11)17(12)20(13)18/h2*4-20H,1-3H3;2*6-12H,1-5H3;2-7,10H,8-9H2,1H3. The molecule has 10 aromatic heterocycles. The first kappa shape index (κ1) is 83.8. The Hall–Kier alpha value is -14.0. The molecule has 14 aromatic carbocycles. The van der Waals surface area contributed by atoms with Gasteiger partial charge in [0, 0.05) is 128 Å². The number of benzene rings is 14. The lowest BCUT2D eigenvalue weighted by atomic mass is 9.93. The lowest BCUT2D eigenvalue weighted by Crippen LogP contribution is -2.78. The minimum Gasteiger partial charge on any atom is -0.300 e. The molecule has 24 aromatic rings. The molecule has 0 fully saturated rings. The third-order valence-corrected chi connectivity index (χ3v) is 56.0. The highest BCUT2D eigenvalue weighted by molar-refractivity contribution is 7.14. The lowest BCUT2D eigenvalue weighted by Gasteiger charge is -2.49. The van der Waals surface area contributed by atoms with E-state index < -0.39 is 32.3 Å². The van der Waals surface area contributed by atoms with Gasteiger partial charge in [0.25, 0.3) is 0 Å². The van der Waals surface area contributed by atoms with Crippen molar-refractivity contribution in [1.29, 1.82) is 0 Å². The van der Waals surface area contributed by atoms with E-state index in [0.717, 1.165) is 41.1 Å². The number of hydrogen-bond donors (Lipinski definition) is 0. The van der Waals surface area contributed by atoms with Gasteiger partial charge in [-0.3, -0.25) is 17.6 Å². The Morgan fingerprint density at radius 3 is 0.978 bits per heavy atom. The first-order chi connectivity index (χ1) is 65.7. The van der Waals surface area contributed by atoms with Gasteiger partial charge in [-0.2, -0.15) is 0 Å². The minimum atomic E-state index is -2.54. The summed E-state index contributed by atoms with van der Waals surface area (Å²) >= 11 is 0. The number of rotatable bonds is 4.